The molecule has 0 aliphatic heterocycles. The molecule has 3 rings (SSSR count). The molecule has 0 amide bonds. The van der Waals surface area contributed by atoms with E-state index in [1.54, 1.807) is 24.3 Å². The van der Waals surface area contributed by atoms with Crippen LogP contribution in [0, 0.1) is 0 Å². The van der Waals surface area contributed by atoms with Crippen molar-refractivity contribution < 1.29 is 11.9 Å². The van der Waals surface area contributed by atoms with E-state index in [2.05, 4.69) is 30.5 Å². The van der Waals surface area contributed by atoms with Gasteiger partial charge in [-0.25, -0.2) is 0 Å². The van der Waals surface area contributed by atoms with Crippen molar-refractivity contribution in [3.8, 4) is 0 Å². The number of nitrogens with one attached hydrogen (secondary N) is 1. The van der Waals surface area contributed by atoms with Crippen LogP contribution >= 0.6 is 0 Å². The fraction of sp³-hybridized carbons (Fsp3) is 0. The van der Waals surface area contributed by atoms with E-state index in [0.29, 0.717) is 17.1 Å². The summed E-state index contributed by atoms with van der Waals surface area (Å²) in [5.74, 6) is 0.254. The van der Waals surface area contributed by atoms with Crippen LogP contribution in [0.2, 0.25) is 0 Å². The van der Waals surface area contributed by atoms with Gasteiger partial charge in [-0.05, 0) is 0 Å². The Hall–Kier alpha value is -3.27. The first-order valence-corrected chi connectivity index (χ1v) is 10.9. The van der Waals surface area contributed by atoms with Gasteiger partial charge in [0.05, 0.1) is 0 Å². The molecule has 0 aliphatic rings. The number of rotatable bonds is 5. The normalized spacial score (nSPS) is 11.6. The first kappa shape index (κ1) is 18.5. The fourth-order valence-corrected chi connectivity index (χ4v) is 3.16. The molecule has 0 aliphatic carbocycles. The monoisotopic (exact) mass is 430 g/mol. The number of anilines is 4. The molecule has 1 heterocycles. The van der Waals surface area contributed by atoms with Crippen molar-refractivity contribution in [3.05, 3.63) is 48.5 Å². The van der Waals surface area contributed by atoms with Gasteiger partial charge in [0, 0.05) is 0 Å². The molecule has 1 aromatic heterocycles. The molecule has 27 heavy (non-hydrogen) atoms. The van der Waals surface area contributed by atoms with Crippen LogP contribution in [-0.2, 0) is 3.74 Å². The molecule has 0 unspecified atom stereocenters. The van der Waals surface area contributed by atoms with Gasteiger partial charge in [0.1, 0.15) is 0 Å². The average molecular weight is 430 g/mol. The van der Waals surface area contributed by atoms with Crippen LogP contribution < -0.4 is 21.1 Å². The summed E-state index contributed by atoms with van der Waals surface area (Å²) in [6.07, 6.45) is 0. The van der Waals surface area contributed by atoms with Crippen LogP contribution in [0.5, 0.6) is 0 Å². The minimum absolute atomic E-state index is 0.0119. The smallest absolute Gasteiger partial charge is 0.177 e. The molecule has 7 N–H and O–H groups in total. The van der Waals surface area contributed by atoms with Crippen molar-refractivity contribution in [2.24, 2.45) is 10.2 Å². The van der Waals surface area contributed by atoms with Crippen molar-refractivity contribution in [2.45, 2.75) is 0 Å². The van der Waals surface area contributed by atoms with Crippen molar-refractivity contribution in [3.63, 3.8) is 0 Å². The van der Waals surface area contributed by atoms with Gasteiger partial charge in [-0.3, -0.25) is 0 Å². The molecular weight excluding hydrogens is 415 g/mol. The zero-order chi connectivity index (χ0) is 19.4. The van der Waals surface area contributed by atoms with Gasteiger partial charge in [-0.2, -0.15) is 15.0 Å². The number of nitrogens with zero attached hydrogens (tertiary/aromatic N) is 5. The van der Waals surface area contributed by atoms with Gasteiger partial charge in [-0.15, -0.1) is 0 Å². The molecule has 0 bridgehead atoms. The Morgan fingerprint density at radius 2 is 1.30 bits per heavy atom. The fourth-order valence-electron chi connectivity index (χ4n) is 2.03. The molecule has 0 atom stereocenters. The number of nitrogens with two attached hydrogens (primary N) is 2. The zero-order valence-electron chi connectivity index (χ0n) is 13.8. The summed E-state index contributed by atoms with van der Waals surface area (Å²) >= 11 is -4.88. The van der Waals surface area contributed by atoms with Crippen molar-refractivity contribution in [1.29, 1.82) is 0 Å². The van der Waals surface area contributed by atoms with Gasteiger partial charge < -0.3 is 11.5 Å². The summed E-state index contributed by atoms with van der Waals surface area (Å²) in [5.41, 5.74) is 12.8. The third-order valence-corrected chi connectivity index (χ3v) is 5.30. The average Bonchev–Trinajstić information content (AvgIpc) is 2.60. The molecule has 0 spiro atoms. The predicted octanol–water partition coefficient (Wildman–Crippen LogP) is 0.756. The second-order valence-electron chi connectivity index (χ2n) is 5.31. The number of azo groups is 1. The molecule has 11 nitrogen and oxygen atoms in total. The topological polar surface area (TPSA) is 185 Å². The predicted molar refractivity (Wildman–Crippen MR) is 99.5 cm³/mol. The SMILES string of the molecule is Nc1nc(N)nc(Nc2ccc(N=Nc3ccc([As](=O)(O)O)cc3)cc2)n1. The molecule has 0 radical (unpaired) electrons. The maximum atomic E-state index is 11.2. The van der Waals surface area contributed by atoms with E-state index < -0.39 is 14.2 Å². The van der Waals surface area contributed by atoms with Crippen LogP contribution in [0.4, 0.5) is 34.9 Å². The number of nitrogen functional groups attached to an aromatic ring is 2. The summed E-state index contributed by atoms with van der Waals surface area (Å²) in [6, 6.07) is 12.6. The van der Waals surface area contributed by atoms with E-state index in [0.717, 1.165) is 0 Å². The first-order chi connectivity index (χ1) is 12.8. The molecule has 2 aromatic carbocycles. The summed E-state index contributed by atoms with van der Waals surface area (Å²) < 4.78 is 29.5. The molecular formula is C15H15AsN8O3. The van der Waals surface area contributed by atoms with Gasteiger partial charge in [-0.1, -0.05) is 0 Å². The van der Waals surface area contributed by atoms with Crippen LogP contribution in [0.15, 0.2) is 58.8 Å². The van der Waals surface area contributed by atoms with Crippen molar-refractivity contribution in [1.82, 2.24) is 15.0 Å². The van der Waals surface area contributed by atoms with E-state index in [1.165, 1.54) is 24.3 Å². The molecule has 0 saturated heterocycles. The maximum Gasteiger partial charge on any atom is -0.177 e. The summed E-state index contributed by atoms with van der Waals surface area (Å²) in [5, 5.41) is 11.0. The van der Waals surface area contributed by atoms with E-state index in [4.69, 9.17) is 19.7 Å². The van der Waals surface area contributed by atoms with E-state index in [1.807, 2.05) is 0 Å². The molecule has 3 aromatic rings. The third kappa shape index (κ3) is 5.11. The number of benzene rings is 2. The minimum Gasteiger partial charge on any atom is -0.177 e. The number of hydrogen-bond donors (Lipinski definition) is 5. The van der Waals surface area contributed by atoms with Crippen LogP contribution in [-0.4, -0.2) is 37.3 Å². The van der Waals surface area contributed by atoms with Crippen molar-refractivity contribution >= 4 is 53.4 Å². The Morgan fingerprint density at radius 1 is 0.815 bits per heavy atom. The zero-order valence-corrected chi connectivity index (χ0v) is 15.6. The summed E-state index contributed by atoms with van der Waals surface area (Å²) in [4.78, 5) is 11.5. The Balaban J connectivity index is 1.68. The van der Waals surface area contributed by atoms with E-state index >= 15 is 0 Å². The van der Waals surface area contributed by atoms with E-state index in [-0.39, 0.29) is 22.2 Å². The second kappa shape index (κ2) is 7.54. The maximum absolute atomic E-state index is 11.2. The van der Waals surface area contributed by atoms with Gasteiger partial charge in [0.25, 0.3) is 0 Å². The van der Waals surface area contributed by atoms with Gasteiger partial charge in [0.15, 0.2) is 0 Å². The Bertz CT molecular complexity index is 998. The van der Waals surface area contributed by atoms with Crippen LogP contribution in [0.3, 0.4) is 0 Å². The molecule has 0 saturated carbocycles. The van der Waals surface area contributed by atoms with E-state index in [9.17, 15) is 3.74 Å². The largest absolute Gasteiger partial charge is 0.177 e. The van der Waals surface area contributed by atoms with Crippen LogP contribution in [0.1, 0.15) is 0 Å². The minimum atomic E-state index is -4.88. The summed E-state index contributed by atoms with van der Waals surface area (Å²) in [6.45, 7) is 0. The first-order valence-electron chi connectivity index (χ1n) is 7.52. The second-order valence-corrected chi connectivity index (χ2v) is 8.67. The standard InChI is InChI=1S/C15H15AsN8O3/c17-13-20-14(18)22-15(21-13)19-10-5-7-12(8-6-10)24-23-11-3-1-9(2-4-11)16(25,26)27/h1-8H,(H2,25,26,27)(H5,17,18,19,20,21,22). The molecule has 138 valence electrons. The van der Waals surface area contributed by atoms with Crippen molar-refractivity contribution in [2.75, 3.05) is 16.8 Å². The Morgan fingerprint density at radius 3 is 1.78 bits per heavy atom. The summed E-state index contributed by atoms with van der Waals surface area (Å²) in [7, 11) is 0. The van der Waals surface area contributed by atoms with Crippen LogP contribution in [0.25, 0.3) is 0 Å². The number of hydrogen-bond acceptors (Lipinski definition) is 9. The molecule has 0 fully saturated rings. The Labute approximate surface area is 156 Å². The van der Waals surface area contributed by atoms with Gasteiger partial charge in [0.2, 0.25) is 11.9 Å². The third-order valence-electron chi connectivity index (χ3n) is 3.26. The number of aromatic nitrogens is 3. The quantitative estimate of drug-likeness (QED) is 0.288. The molecule has 12 heteroatoms. The Kier molecular flexibility index (Phi) is 5.17. The van der Waals surface area contributed by atoms with Gasteiger partial charge >= 0.3 is 118 Å².